The maximum Gasteiger partial charge on any atom is 0.353 e. The molecule has 0 radical (unpaired) electrons. The molecule has 1 aromatic carbocycles. The molecule has 0 saturated heterocycles. The fraction of sp³-hybridized carbons (Fsp3) is 0.154. The van der Waals surface area contributed by atoms with Crippen LogP contribution < -0.4 is 5.32 Å². The van der Waals surface area contributed by atoms with Crippen LogP contribution >= 0.6 is 0 Å². The molecule has 0 aliphatic carbocycles. The van der Waals surface area contributed by atoms with Gasteiger partial charge in [0.2, 0.25) is 0 Å². The molecule has 1 aromatic rings. The monoisotopic (exact) mass is 263 g/mol. The fourth-order valence-electron chi connectivity index (χ4n) is 1.29. The highest BCUT2D eigenvalue weighted by molar-refractivity contribution is 6.02. The van der Waals surface area contributed by atoms with Crippen LogP contribution in [-0.2, 0) is 14.3 Å². The Morgan fingerprint density at radius 3 is 2.32 bits per heavy atom. The molecule has 1 N–H and O–H groups in total. The van der Waals surface area contributed by atoms with Crippen LogP contribution in [0.2, 0.25) is 0 Å². The van der Waals surface area contributed by atoms with Crippen LogP contribution in [0.3, 0.4) is 0 Å². The Hall–Kier alpha value is -2.63. The van der Waals surface area contributed by atoms with Crippen molar-refractivity contribution in [1.29, 1.82) is 0 Å². The van der Waals surface area contributed by atoms with Crippen molar-refractivity contribution in [2.45, 2.75) is 0 Å². The van der Waals surface area contributed by atoms with E-state index in [1.807, 2.05) is 0 Å². The number of methoxy groups -OCH3 is 2. The molecule has 0 aliphatic heterocycles. The molecule has 0 saturated carbocycles. The lowest BCUT2D eigenvalue weighted by Crippen LogP contribution is -2.27. The first kappa shape index (κ1) is 14.4. The molecule has 0 heterocycles. The number of hydrogen-bond acceptors (Lipinski definition) is 5. The van der Waals surface area contributed by atoms with Gasteiger partial charge >= 0.3 is 11.9 Å². The van der Waals surface area contributed by atoms with Crippen LogP contribution in [0, 0.1) is 0 Å². The Morgan fingerprint density at radius 2 is 1.74 bits per heavy atom. The second-order valence-electron chi connectivity index (χ2n) is 3.50. The van der Waals surface area contributed by atoms with Crippen molar-refractivity contribution in [3.63, 3.8) is 0 Å². The first-order valence-corrected chi connectivity index (χ1v) is 5.26. The predicted molar refractivity (Wildman–Crippen MR) is 66.4 cm³/mol. The van der Waals surface area contributed by atoms with Crippen LogP contribution in [0.15, 0.2) is 36.5 Å². The van der Waals surface area contributed by atoms with Gasteiger partial charge in [-0.15, -0.1) is 0 Å². The van der Waals surface area contributed by atoms with Crippen molar-refractivity contribution in [3.8, 4) is 0 Å². The average Bonchev–Trinajstić information content (AvgIpc) is 2.45. The first-order chi connectivity index (χ1) is 8.99. The highest BCUT2D eigenvalue weighted by Crippen LogP contribution is 2.07. The number of amides is 1. The van der Waals surface area contributed by atoms with Crippen LogP contribution in [0.25, 0.3) is 0 Å². The van der Waals surface area contributed by atoms with Crippen molar-refractivity contribution >= 4 is 17.8 Å². The van der Waals surface area contributed by atoms with E-state index in [1.54, 1.807) is 0 Å². The Kier molecular flexibility index (Phi) is 4.82. The Bertz CT molecular complexity index is 536. The molecular weight excluding hydrogens is 250 g/mol. The quantitative estimate of drug-likeness (QED) is 0.644. The number of carbonyl (C=O) groups is 3. The van der Waals surface area contributed by atoms with E-state index >= 15 is 0 Å². The van der Waals surface area contributed by atoms with Crippen molar-refractivity contribution < 1.29 is 23.9 Å². The van der Waals surface area contributed by atoms with E-state index < -0.39 is 17.8 Å². The van der Waals surface area contributed by atoms with Gasteiger partial charge in [0.15, 0.2) is 0 Å². The number of hydrogen-bond donors (Lipinski definition) is 1. The van der Waals surface area contributed by atoms with Gasteiger partial charge in [-0.1, -0.05) is 12.6 Å². The van der Waals surface area contributed by atoms with E-state index in [4.69, 9.17) is 0 Å². The summed E-state index contributed by atoms with van der Waals surface area (Å²) in [5.41, 5.74) is 0.253. The van der Waals surface area contributed by atoms with Gasteiger partial charge in [-0.05, 0) is 18.2 Å². The molecule has 100 valence electrons. The summed E-state index contributed by atoms with van der Waals surface area (Å²) in [7, 11) is 2.42. The summed E-state index contributed by atoms with van der Waals surface area (Å²) < 4.78 is 8.95. The van der Waals surface area contributed by atoms with Crippen molar-refractivity contribution in [2.24, 2.45) is 0 Å². The van der Waals surface area contributed by atoms with Crippen LogP contribution in [0.4, 0.5) is 0 Å². The normalized spacial score (nSPS) is 9.37. The molecule has 0 spiro atoms. The zero-order valence-corrected chi connectivity index (χ0v) is 10.6. The molecule has 19 heavy (non-hydrogen) atoms. The molecule has 6 nitrogen and oxygen atoms in total. The van der Waals surface area contributed by atoms with Crippen molar-refractivity contribution in [2.75, 3.05) is 14.2 Å². The van der Waals surface area contributed by atoms with Crippen LogP contribution in [0.1, 0.15) is 20.7 Å². The molecule has 1 amide bonds. The minimum atomic E-state index is -0.738. The first-order valence-electron chi connectivity index (χ1n) is 5.26. The second kappa shape index (κ2) is 6.34. The number of ether oxygens (including phenoxy) is 2. The van der Waals surface area contributed by atoms with E-state index in [2.05, 4.69) is 21.4 Å². The van der Waals surface area contributed by atoms with Gasteiger partial charge in [0, 0.05) is 5.56 Å². The predicted octanol–water partition coefficient (Wildman–Crippen LogP) is 0.890. The van der Waals surface area contributed by atoms with Crippen LogP contribution in [0.5, 0.6) is 0 Å². The number of carbonyl (C=O) groups excluding carboxylic acids is 3. The summed E-state index contributed by atoms with van der Waals surface area (Å²) >= 11 is 0. The van der Waals surface area contributed by atoms with E-state index in [9.17, 15) is 14.4 Å². The lowest BCUT2D eigenvalue weighted by Gasteiger charge is -2.07. The minimum Gasteiger partial charge on any atom is -0.465 e. The van der Waals surface area contributed by atoms with E-state index in [0.29, 0.717) is 0 Å². The SMILES string of the molecule is C=C(NC(=O)c1cccc(C(=O)OC)c1)C(=O)OC. The summed E-state index contributed by atoms with van der Waals surface area (Å²) in [6, 6.07) is 5.89. The number of benzene rings is 1. The fourth-order valence-corrected chi connectivity index (χ4v) is 1.29. The lowest BCUT2D eigenvalue weighted by molar-refractivity contribution is -0.136. The van der Waals surface area contributed by atoms with Gasteiger partial charge in [0.25, 0.3) is 5.91 Å². The van der Waals surface area contributed by atoms with Gasteiger partial charge in [-0.3, -0.25) is 4.79 Å². The van der Waals surface area contributed by atoms with Gasteiger partial charge in [-0.25, -0.2) is 9.59 Å². The molecule has 1 rings (SSSR count). The number of esters is 2. The summed E-state index contributed by atoms with van der Waals surface area (Å²) in [5, 5.41) is 2.27. The Morgan fingerprint density at radius 1 is 1.11 bits per heavy atom. The topological polar surface area (TPSA) is 81.7 Å². The molecule has 0 bridgehead atoms. The highest BCUT2D eigenvalue weighted by atomic mass is 16.5. The van der Waals surface area contributed by atoms with Crippen molar-refractivity contribution in [3.05, 3.63) is 47.7 Å². The van der Waals surface area contributed by atoms with E-state index in [-0.39, 0.29) is 16.8 Å². The maximum absolute atomic E-state index is 11.8. The summed E-state index contributed by atoms with van der Waals surface area (Å²) in [6.45, 7) is 3.37. The second-order valence-corrected chi connectivity index (χ2v) is 3.50. The molecule has 0 aromatic heterocycles. The van der Waals surface area contributed by atoms with Crippen LogP contribution in [-0.4, -0.2) is 32.1 Å². The summed E-state index contributed by atoms with van der Waals surface area (Å²) in [5.74, 6) is -1.86. The molecule has 0 fully saturated rings. The maximum atomic E-state index is 11.8. The molecular formula is C13H13NO5. The van der Waals surface area contributed by atoms with E-state index in [0.717, 1.165) is 0 Å². The average molecular weight is 263 g/mol. The standard InChI is InChI=1S/C13H13NO5/c1-8(12(16)18-2)14-11(15)9-5-4-6-10(7-9)13(17)19-3/h4-7H,1H2,2-3H3,(H,14,15). The Balaban J connectivity index is 2.86. The van der Waals surface area contributed by atoms with Gasteiger partial charge in [0.1, 0.15) is 5.70 Å². The molecule has 6 heteroatoms. The van der Waals surface area contributed by atoms with Crippen molar-refractivity contribution in [1.82, 2.24) is 5.32 Å². The lowest BCUT2D eigenvalue weighted by atomic mass is 10.1. The Labute approximate surface area is 110 Å². The minimum absolute atomic E-state index is 0.184. The largest absolute Gasteiger partial charge is 0.465 e. The highest BCUT2D eigenvalue weighted by Gasteiger charge is 2.14. The smallest absolute Gasteiger partial charge is 0.353 e. The number of rotatable bonds is 4. The molecule has 0 aliphatic rings. The zero-order valence-electron chi connectivity index (χ0n) is 10.6. The molecule has 0 unspecified atom stereocenters. The summed E-state index contributed by atoms with van der Waals surface area (Å²) in [4.78, 5) is 34.2. The third kappa shape index (κ3) is 3.67. The van der Waals surface area contributed by atoms with Gasteiger partial charge in [0.05, 0.1) is 19.8 Å². The summed E-state index contributed by atoms with van der Waals surface area (Å²) in [6.07, 6.45) is 0. The van der Waals surface area contributed by atoms with Gasteiger partial charge in [-0.2, -0.15) is 0 Å². The third-order valence-corrected chi connectivity index (χ3v) is 2.24. The molecule has 0 atom stereocenters. The number of nitrogens with one attached hydrogen (secondary N) is 1. The van der Waals surface area contributed by atoms with Gasteiger partial charge < -0.3 is 14.8 Å². The van der Waals surface area contributed by atoms with E-state index in [1.165, 1.54) is 38.5 Å². The third-order valence-electron chi connectivity index (χ3n) is 2.24. The zero-order chi connectivity index (χ0) is 14.4.